The summed E-state index contributed by atoms with van der Waals surface area (Å²) in [5.41, 5.74) is 1.52. The number of aliphatic hydroxyl groups is 1. The molecule has 0 radical (unpaired) electrons. The standard InChI is InChI=1S/C24H29ClN2O3/c25-20-4-1-18(2-5-20)16-26-11-13-27(14-12-26)21-7-9-24(28,10-8-21)19-3-6-22-23(15-19)30-17-29-22/h1-6,15,21,28H,7-14,16-17H2. The van der Waals surface area contributed by atoms with Gasteiger partial charge in [0.1, 0.15) is 0 Å². The summed E-state index contributed by atoms with van der Waals surface area (Å²) in [7, 11) is 0. The van der Waals surface area contributed by atoms with Crippen LogP contribution in [-0.4, -0.2) is 53.9 Å². The van der Waals surface area contributed by atoms with E-state index in [1.54, 1.807) is 0 Å². The minimum absolute atomic E-state index is 0.267. The molecule has 160 valence electrons. The first-order valence-electron chi connectivity index (χ1n) is 10.9. The third-order valence-corrected chi connectivity index (χ3v) is 7.19. The summed E-state index contributed by atoms with van der Waals surface area (Å²) in [6.45, 7) is 5.63. The number of nitrogens with zero attached hydrogens (tertiary/aromatic N) is 2. The van der Waals surface area contributed by atoms with Crippen molar-refractivity contribution < 1.29 is 14.6 Å². The Bertz CT molecular complexity index is 873. The van der Waals surface area contributed by atoms with Gasteiger partial charge >= 0.3 is 0 Å². The van der Waals surface area contributed by atoms with E-state index < -0.39 is 5.60 Å². The molecule has 0 unspecified atom stereocenters. The van der Waals surface area contributed by atoms with Gasteiger partial charge in [-0.1, -0.05) is 29.8 Å². The monoisotopic (exact) mass is 428 g/mol. The van der Waals surface area contributed by atoms with Crippen LogP contribution in [0.4, 0.5) is 0 Å². The number of ether oxygens (including phenoxy) is 2. The molecule has 0 atom stereocenters. The number of fused-ring (bicyclic) bond motifs is 1. The highest BCUT2D eigenvalue weighted by molar-refractivity contribution is 6.30. The van der Waals surface area contributed by atoms with Gasteiger partial charge in [-0.2, -0.15) is 0 Å². The first kappa shape index (κ1) is 20.1. The van der Waals surface area contributed by atoms with Crippen LogP contribution in [0.2, 0.25) is 5.02 Å². The summed E-state index contributed by atoms with van der Waals surface area (Å²) in [5, 5.41) is 12.1. The first-order valence-corrected chi connectivity index (χ1v) is 11.3. The average molecular weight is 429 g/mol. The molecule has 3 aliphatic rings. The maximum absolute atomic E-state index is 11.3. The van der Waals surface area contributed by atoms with E-state index in [2.05, 4.69) is 21.9 Å². The van der Waals surface area contributed by atoms with Crippen LogP contribution in [0.5, 0.6) is 11.5 Å². The van der Waals surface area contributed by atoms with Crippen LogP contribution in [-0.2, 0) is 12.1 Å². The number of piperazine rings is 1. The minimum Gasteiger partial charge on any atom is -0.454 e. The van der Waals surface area contributed by atoms with Crippen molar-refractivity contribution in [2.75, 3.05) is 33.0 Å². The van der Waals surface area contributed by atoms with Gasteiger partial charge in [0.2, 0.25) is 6.79 Å². The van der Waals surface area contributed by atoms with E-state index in [4.69, 9.17) is 21.1 Å². The lowest BCUT2D eigenvalue weighted by Crippen LogP contribution is -2.51. The van der Waals surface area contributed by atoms with Crippen LogP contribution in [0.1, 0.15) is 36.8 Å². The van der Waals surface area contributed by atoms with E-state index in [0.29, 0.717) is 6.04 Å². The SMILES string of the molecule is OC1(c2ccc3c(c2)OCO3)CCC(N2CCN(Cc3ccc(Cl)cc3)CC2)CC1. The largest absolute Gasteiger partial charge is 0.454 e. The van der Waals surface area contributed by atoms with Crippen molar-refractivity contribution in [1.29, 1.82) is 0 Å². The van der Waals surface area contributed by atoms with Crippen molar-refractivity contribution >= 4 is 11.6 Å². The van der Waals surface area contributed by atoms with Crippen LogP contribution >= 0.6 is 11.6 Å². The molecule has 2 aliphatic heterocycles. The fourth-order valence-corrected chi connectivity index (χ4v) is 5.18. The summed E-state index contributed by atoms with van der Waals surface area (Å²) in [6, 6.07) is 14.6. The fraction of sp³-hybridized carbons (Fsp3) is 0.500. The Morgan fingerprint density at radius 2 is 1.63 bits per heavy atom. The van der Waals surface area contributed by atoms with E-state index in [1.807, 2.05) is 30.3 Å². The number of hydrogen-bond acceptors (Lipinski definition) is 5. The van der Waals surface area contributed by atoms with Crippen molar-refractivity contribution in [3.8, 4) is 11.5 Å². The molecule has 6 heteroatoms. The van der Waals surface area contributed by atoms with Gasteiger partial charge in [-0.25, -0.2) is 0 Å². The number of hydrogen-bond donors (Lipinski definition) is 1. The van der Waals surface area contributed by atoms with Crippen molar-refractivity contribution in [1.82, 2.24) is 9.80 Å². The third-order valence-electron chi connectivity index (χ3n) is 6.93. The molecule has 1 saturated heterocycles. The minimum atomic E-state index is -0.756. The maximum atomic E-state index is 11.3. The van der Waals surface area contributed by atoms with Crippen molar-refractivity contribution in [2.24, 2.45) is 0 Å². The summed E-state index contributed by atoms with van der Waals surface area (Å²) in [6.07, 6.45) is 3.65. The molecule has 5 nitrogen and oxygen atoms in total. The molecule has 2 heterocycles. The predicted octanol–water partition coefficient (Wildman–Crippen LogP) is 4.02. The van der Waals surface area contributed by atoms with Gasteiger partial charge in [-0.15, -0.1) is 0 Å². The van der Waals surface area contributed by atoms with Crippen LogP contribution in [0.25, 0.3) is 0 Å². The lowest BCUT2D eigenvalue weighted by Gasteiger charge is -2.44. The Hall–Kier alpha value is -1.79. The van der Waals surface area contributed by atoms with E-state index in [1.165, 1.54) is 5.56 Å². The summed E-state index contributed by atoms with van der Waals surface area (Å²) >= 11 is 5.99. The smallest absolute Gasteiger partial charge is 0.231 e. The third kappa shape index (κ3) is 4.17. The Kier molecular flexibility index (Phi) is 5.63. The number of halogens is 1. The van der Waals surface area contributed by atoms with Crippen molar-refractivity contribution in [3.63, 3.8) is 0 Å². The molecule has 1 aliphatic carbocycles. The molecule has 0 aromatic heterocycles. The van der Waals surface area contributed by atoms with Gasteiger partial charge in [0.15, 0.2) is 11.5 Å². The highest BCUT2D eigenvalue weighted by Crippen LogP contribution is 2.42. The van der Waals surface area contributed by atoms with E-state index >= 15 is 0 Å². The van der Waals surface area contributed by atoms with E-state index in [0.717, 1.165) is 80.5 Å². The molecule has 30 heavy (non-hydrogen) atoms. The average Bonchev–Trinajstić information content (AvgIpc) is 3.25. The summed E-state index contributed by atoms with van der Waals surface area (Å²) < 4.78 is 10.9. The molecule has 0 bridgehead atoms. The second-order valence-electron chi connectivity index (χ2n) is 8.77. The van der Waals surface area contributed by atoms with Crippen LogP contribution in [0.15, 0.2) is 42.5 Å². The first-order chi connectivity index (χ1) is 14.6. The Morgan fingerprint density at radius 3 is 2.37 bits per heavy atom. The van der Waals surface area contributed by atoms with E-state index in [-0.39, 0.29) is 6.79 Å². The highest BCUT2D eigenvalue weighted by Gasteiger charge is 2.38. The van der Waals surface area contributed by atoms with Gasteiger partial charge in [-0.3, -0.25) is 9.80 Å². The molecule has 0 spiro atoms. The van der Waals surface area contributed by atoms with Gasteiger partial charge in [-0.05, 0) is 61.1 Å². The number of benzene rings is 2. The molecule has 1 saturated carbocycles. The summed E-state index contributed by atoms with van der Waals surface area (Å²) in [4.78, 5) is 5.14. The highest BCUT2D eigenvalue weighted by atomic mass is 35.5. The zero-order valence-electron chi connectivity index (χ0n) is 17.2. The molecule has 2 aromatic carbocycles. The second kappa shape index (κ2) is 8.39. The lowest BCUT2D eigenvalue weighted by atomic mass is 9.77. The zero-order chi connectivity index (χ0) is 20.6. The number of rotatable bonds is 4. The van der Waals surface area contributed by atoms with E-state index in [9.17, 15) is 5.11 Å². The Balaban J connectivity index is 1.13. The molecule has 2 fully saturated rings. The molecular formula is C24H29ClN2O3. The lowest BCUT2D eigenvalue weighted by molar-refractivity contribution is -0.0321. The predicted molar refractivity (Wildman–Crippen MR) is 117 cm³/mol. The molecule has 0 amide bonds. The van der Waals surface area contributed by atoms with Crippen molar-refractivity contribution in [3.05, 3.63) is 58.6 Å². The molecule has 5 rings (SSSR count). The van der Waals surface area contributed by atoms with Gasteiger partial charge in [0.05, 0.1) is 5.60 Å². The Morgan fingerprint density at radius 1 is 0.933 bits per heavy atom. The van der Waals surface area contributed by atoms with Gasteiger partial charge < -0.3 is 14.6 Å². The van der Waals surface area contributed by atoms with Crippen LogP contribution in [0, 0.1) is 0 Å². The topological polar surface area (TPSA) is 45.2 Å². The fourth-order valence-electron chi connectivity index (χ4n) is 5.05. The summed E-state index contributed by atoms with van der Waals surface area (Å²) in [5.74, 6) is 1.52. The molecule has 2 aromatic rings. The van der Waals surface area contributed by atoms with Crippen molar-refractivity contribution in [2.45, 2.75) is 43.9 Å². The van der Waals surface area contributed by atoms with Gasteiger partial charge in [0.25, 0.3) is 0 Å². The zero-order valence-corrected chi connectivity index (χ0v) is 18.0. The van der Waals surface area contributed by atoms with Crippen LogP contribution < -0.4 is 9.47 Å². The van der Waals surface area contributed by atoms with Crippen LogP contribution in [0.3, 0.4) is 0 Å². The Labute approximate surface area is 183 Å². The second-order valence-corrected chi connectivity index (χ2v) is 9.21. The maximum Gasteiger partial charge on any atom is 0.231 e. The molecule has 1 N–H and O–H groups in total. The quantitative estimate of drug-likeness (QED) is 0.796. The molecular weight excluding hydrogens is 400 g/mol. The van der Waals surface area contributed by atoms with Gasteiger partial charge in [0, 0.05) is 43.8 Å². The normalized spacial score (nSPS) is 27.3.